The molecule has 3 heteroatoms. The minimum Gasteiger partial charge on any atom is -0.481 e. The van der Waals surface area contributed by atoms with Crippen LogP contribution in [0.15, 0.2) is 36.7 Å². The van der Waals surface area contributed by atoms with Gasteiger partial charge in [0, 0.05) is 17.8 Å². The van der Waals surface area contributed by atoms with E-state index in [1.165, 1.54) is 0 Å². The van der Waals surface area contributed by atoms with Crippen molar-refractivity contribution in [1.82, 2.24) is 4.98 Å². The molecule has 0 fully saturated rings. The van der Waals surface area contributed by atoms with Crippen LogP contribution < -0.4 is 0 Å². The van der Waals surface area contributed by atoms with Gasteiger partial charge in [0.1, 0.15) is 0 Å². The fraction of sp³-hybridized carbons (Fsp3) is 0.286. The van der Waals surface area contributed by atoms with Gasteiger partial charge >= 0.3 is 5.97 Å². The molecule has 2 rings (SSSR count). The number of fused-ring (bicyclic) bond motifs is 1. The summed E-state index contributed by atoms with van der Waals surface area (Å²) in [5, 5.41) is 11.3. The van der Waals surface area contributed by atoms with Crippen molar-refractivity contribution in [1.29, 1.82) is 0 Å². The zero-order valence-corrected chi connectivity index (χ0v) is 9.97. The van der Waals surface area contributed by atoms with Gasteiger partial charge in [-0.2, -0.15) is 0 Å². The maximum atomic E-state index is 11.1. The standard InChI is InChI=1S/C14H15NO2/c1-14(2,13(16)17)8-11-5-3-4-10-6-7-15-9-12(10)11/h3-7,9H,8H2,1-2H3,(H,16,17). The Labute approximate surface area is 100 Å². The summed E-state index contributed by atoms with van der Waals surface area (Å²) in [6.45, 7) is 3.48. The molecule has 1 aromatic heterocycles. The summed E-state index contributed by atoms with van der Waals surface area (Å²) in [7, 11) is 0. The third-order valence-corrected chi connectivity index (χ3v) is 2.99. The quantitative estimate of drug-likeness (QED) is 0.880. The molecule has 17 heavy (non-hydrogen) atoms. The zero-order valence-electron chi connectivity index (χ0n) is 9.97. The molecule has 2 aromatic rings. The van der Waals surface area contributed by atoms with E-state index in [0.29, 0.717) is 6.42 Å². The van der Waals surface area contributed by atoms with Gasteiger partial charge in [-0.15, -0.1) is 0 Å². The van der Waals surface area contributed by atoms with Gasteiger partial charge in [0.25, 0.3) is 0 Å². The van der Waals surface area contributed by atoms with Crippen LogP contribution in [0, 0.1) is 5.41 Å². The number of pyridine rings is 1. The van der Waals surface area contributed by atoms with Gasteiger partial charge in [0.15, 0.2) is 0 Å². The number of aliphatic carboxylic acids is 1. The monoisotopic (exact) mass is 229 g/mol. The predicted molar refractivity (Wildman–Crippen MR) is 66.9 cm³/mol. The fourth-order valence-corrected chi connectivity index (χ4v) is 1.88. The molecule has 0 aliphatic carbocycles. The molecule has 0 unspecified atom stereocenters. The van der Waals surface area contributed by atoms with Crippen LogP contribution in [-0.2, 0) is 11.2 Å². The summed E-state index contributed by atoms with van der Waals surface area (Å²) >= 11 is 0. The van der Waals surface area contributed by atoms with Crippen molar-refractivity contribution < 1.29 is 9.90 Å². The van der Waals surface area contributed by atoms with Gasteiger partial charge in [0.2, 0.25) is 0 Å². The normalized spacial score (nSPS) is 11.6. The lowest BCUT2D eigenvalue weighted by Gasteiger charge is -2.19. The highest BCUT2D eigenvalue weighted by atomic mass is 16.4. The Balaban J connectivity index is 2.46. The summed E-state index contributed by atoms with van der Waals surface area (Å²) in [5.74, 6) is -0.779. The van der Waals surface area contributed by atoms with E-state index in [1.54, 1.807) is 26.2 Å². The van der Waals surface area contributed by atoms with Crippen LogP contribution >= 0.6 is 0 Å². The Bertz CT molecular complexity index is 556. The van der Waals surface area contributed by atoms with E-state index >= 15 is 0 Å². The molecular weight excluding hydrogens is 214 g/mol. The predicted octanol–water partition coefficient (Wildman–Crippen LogP) is 2.89. The molecule has 0 saturated heterocycles. The maximum Gasteiger partial charge on any atom is 0.309 e. The zero-order chi connectivity index (χ0) is 12.5. The summed E-state index contributed by atoms with van der Waals surface area (Å²) in [6.07, 6.45) is 4.04. The summed E-state index contributed by atoms with van der Waals surface area (Å²) in [4.78, 5) is 15.2. The van der Waals surface area contributed by atoms with E-state index in [9.17, 15) is 4.79 Å². The van der Waals surface area contributed by atoms with Crippen molar-refractivity contribution in [2.24, 2.45) is 5.41 Å². The largest absolute Gasteiger partial charge is 0.481 e. The van der Waals surface area contributed by atoms with Gasteiger partial charge < -0.3 is 5.11 Å². The van der Waals surface area contributed by atoms with E-state index in [4.69, 9.17) is 5.11 Å². The molecule has 1 N–H and O–H groups in total. The van der Waals surface area contributed by atoms with E-state index in [-0.39, 0.29) is 0 Å². The third kappa shape index (κ3) is 2.28. The first-order valence-corrected chi connectivity index (χ1v) is 5.56. The summed E-state index contributed by atoms with van der Waals surface area (Å²) in [6, 6.07) is 7.87. The van der Waals surface area contributed by atoms with E-state index in [1.807, 2.05) is 24.3 Å². The lowest BCUT2D eigenvalue weighted by atomic mass is 9.84. The number of benzene rings is 1. The smallest absolute Gasteiger partial charge is 0.309 e. The summed E-state index contributed by atoms with van der Waals surface area (Å²) in [5.41, 5.74) is 0.271. The lowest BCUT2D eigenvalue weighted by molar-refractivity contribution is -0.146. The van der Waals surface area contributed by atoms with Crippen molar-refractivity contribution >= 4 is 16.7 Å². The minimum atomic E-state index is -0.779. The van der Waals surface area contributed by atoms with Gasteiger partial charge in [-0.3, -0.25) is 9.78 Å². The van der Waals surface area contributed by atoms with Crippen LogP contribution in [-0.4, -0.2) is 16.1 Å². The highest BCUT2D eigenvalue weighted by molar-refractivity contribution is 5.85. The molecule has 0 aliphatic rings. The van der Waals surface area contributed by atoms with Crippen LogP contribution in [0.1, 0.15) is 19.4 Å². The van der Waals surface area contributed by atoms with Crippen molar-refractivity contribution in [2.75, 3.05) is 0 Å². The first-order valence-electron chi connectivity index (χ1n) is 5.56. The first kappa shape index (κ1) is 11.6. The Hall–Kier alpha value is -1.90. The van der Waals surface area contributed by atoms with Gasteiger partial charge in [-0.05, 0) is 37.3 Å². The van der Waals surface area contributed by atoms with Crippen molar-refractivity contribution in [2.45, 2.75) is 20.3 Å². The van der Waals surface area contributed by atoms with Gasteiger partial charge in [-0.25, -0.2) is 0 Å². The summed E-state index contributed by atoms with van der Waals surface area (Å²) < 4.78 is 0. The van der Waals surface area contributed by atoms with Crippen molar-refractivity contribution in [3.8, 4) is 0 Å². The molecule has 0 spiro atoms. The van der Waals surface area contributed by atoms with E-state index < -0.39 is 11.4 Å². The van der Waals surface area contributed by atoms with Crippen LogP contribution in [0.3, 0.4) is 0 Å². The Morgan fingerprint density at radius 2 is 2.12 bits per heavy atom. The van der Waals surface area contributed by atoms with E-state index in [2.05, 4.69) is 4.98 Å². The number of carboxylic acids is 1. The lowest BCUT2D eigenvalue weighted by Crippen LogP contribution is -2.26. The van der Waals surface area contributed by atoms with Crippen molar-refractivity contribution in [3.63, 3.8) is 0 Å². The average Bonchev–Trinajstić information content (AvgIpc) is 2.29. The number of carboxylic acid groups (broad SMARTS) is 1. The van der Waals surface area contributed by atoms with Crippen LogP contribution in [0.5, 0.6) is 0 Å². The minimum absolute atomic E-state index is 0.505. The molecule has 0 radical (unpaired) electrons. The van der Waals surface area contributed by atoms with Crippen LogP contribution in [0.2, 0.25) is 0 Å². The number of hydrogen-bond acceptors (Lipinski definition) is 2. The molecule has 0 atom stereocenters. The number of carbonyl (C=O) groups is 1. The third-order valence-electron chi connectivity index (χ3n) is 2.99. The fourth-order valence-electron chi connectivity index (χ4n) is 1.88. The Morgan fingerprint density at radius 1 is 1.35 bits per heavy atom. The second-order valence-electron chi connectivity index (χ2n) is 4.88. The van der Waals surface area contributed by atoms with Gasteiger partial charge in [-0.1, -0.05) is 18.2 Å². The Morgan fingerprint density at radius 3 is 2.82 bits per heavy atom. The maximum absolute atomic E-state index is 11.1. The molecule has 1 heterocycles. The first-order chi connectivity index (χ1) is 8.00. The molecule has 0 saturated carbocycles. The Kier molecular flexibility index (Phi) is 2.84. The SMILES string of the molecule is CC(C)(Cc1cccc2ccncc12)C(=O)O. The number of hydrogen-bond donors (Lipinski definition) is 1. The van der Waals surface area contributed by atoms with Crippen molar-refractivity contribution in [3.05, 3.63) is 42.2 Å². The number of rotatable bonds is 3. The molecular formula is C14H15NO2. The molecule has 88 valence electrons. The van der Waals surface area contributed by atoms with E-state index in [0.717, 1.165) is 16.3 Å². The number of nitrogens with zero attached hydrogens (tertiary/aromatic N) is 1. The van der Waals surface area contributed by atoms with Crippen LogP contribution in [0.25, 0.3) is 10.8 Å². The number of aromatic nitrogens is 1. The second-order valence-corrected chi connectivity index (χ2v) is 4.88. The molecule has 1 aromatic carbocycles. The van der Waals surface area contributed by atoms with Crippen LogP contribution in [0.4, 0.5) is 0 Å². The second kappa shape index (κ2) is 4.17. The molecule has 0 bridgehead atoms. The average molecular weight is 229 g/mol. The van der Waals surface area contributed by atoms with Gasteiger partial charge in [0.05, 0.1) is 5.41 Å². The highest BCUT2D eigenvalue weighted by Crippen LogP contribution is 2.26. The molecule has 0 amide bonds. The molecule has 0 aliphatic heterocycles. The highest BCUT2D eigenvalue weighted by Gasteiger charge is 2.27. The topological polar surface area (TPSA) is 50.2 Å². The molecule has 3 nitrogen and oxygen atoms in total.